The van der Waals surface area contributed by atoms with Crippen molar-refractivity contribution in [3.8, 4) is 0 Å². The van der Waals surface area contributed by atoms with Gasteiger partial charge in [0.1, 0.15) is 6.61 Å². The second kappa shape index (κ2) is 16.3. The molecular weight excluding hydrogens is 598 g/mol. The van der Waals surface area contributed by atoms with Gasteiger partial charge in [-0.3, -0.25) is 4.90 Å². The van der Waals surface area contributed by atoms with Crippen molar-refractivity contribution < 1.29 is 38.1 Å². The molecule has 9 nitrogen and oxygen atoms in total. The molecule has 0 N–H and O–H groups in total. The molecule has 0 saturated carbocycles. The molecule has 1 aliphatic rings. The van der Waals surface area contributed by atoms with Crippen LogP contribution < -0.4 is 0 Å². The fourth-order valence-corrected chi connectivity index (χ4v) is 5.45. The molecule has 5 rings (SSSR count). The van der Waals surface area contributed by atoms with Gasteiger partial charge in [0.15, 0.2) is 18.3 Å². The number of piperidine rings is 1. The summed E-state index contributed by atoms with van der Waals surface area (Å²) < 4.78 is 24.1. The van der Waals surface area contributed by atoms with E-state index in [0.717, 1.165) is 12.8 Å². The predicted molar refractivity (Wildman–Crippen MR) is 174 cm³/mol. The summed E-state index contributed by atoms with van der Waals surface area (Å²) in [5, 5.41) is 0. The van der Waals surface area contributed by atoms with Gasteiger partial charge < -0.3 is 18.9 Å². The molecule has 0 radical (unpaired) electrons. The van der Waals surface area contributed by atoms with Gasteiger partial charge in [-0.05, 0) is 61.5 Å². The Labute approximate surface area is 274 Å². The van der Waals surface area contributed by atoms with E-state index in [1.54, 1.807) is 121 Å². The maximum absolute atomic E-state index is 13.6. The molecule has 4 aromatic rings. The van der Waals surface area contributed by atoms with Gasteiger partial charge in [0.05, 0.1) is 28.3 Å². The zero-order chi connectivity index (χ0) is 33.0. The lowest BCUT2D eigenvalue weighted by molar-refractivity contribution is -0.153. The van der Waals surface area contributed by atoms with Crippen LogP contribution in [0, 0.1) is 0 Å². The molecule has 4 atom stereocenters. The largest absolute Gasteiger partial charge is 0.460 e. The number of nitrogens with zero attached hydrogens (tertiary/aromatic N) is 1. The highest BCUT2D eigenvalue weighted by Crippen LogP contribution is 2.30. The average molecular weight is 636 g/mol. The van der Waals surface area contributed by atoms with Crippen LogP contribution >= 0.6 is 0 Å². The highest BCUT2D eigenvalue weighted by molar-refractivity contribution is 5.91. The Morgan fingerprint density at radius 1 is 0.574 bits per heavy atom. The van der Waals surface area contributed by atoms with E-state index in [0.29, 0.717) is 17.7 Å². The molecule has 4 aromatic carbocycles. The summed E-state index contributed by atoms with van der Waals surface area (Å²) in [6.45, 7) is 2.52. The number of hydrogen-bond acceptors (Lipinski definition) is 9. The minimum Gasteiger partial charge on any atom is -0.460 e. The molecule has 9 heteroatoms. The summed E-state index contributed by atoms with van der Waals surface area (Å²) in [4.78, 5) is 55.5. The first kappa shape index (κ1) is 33.1. The second-order valence-corrected chi connectivity index (χ2v) is 11.2. The van der Waals surface area contributed by atoms with Crippen molar-refractivity contribution in [2.24, 2.45) is 0 Å². The van der Waals surface area contributed by atoms with E-state index in [4.69, 9.17) is 18.9 Å². The maximum Gasteiger partial charge on any atom is 0.338 e. The minimum atomic E-state index is -1.23. The van der Waals surface area contributed by atoms with Crippen LogP contribution in [-0.4, -0.2) is 72.8 Å². The number of rotatable bonds is 12. The lowest BCUT2D eigenvalue weighted by atomic mass is 9.92. The molecule has 0 spiro atoms. The zero-order valence-electron chi connectivity index (χ0n) is 26.1. The minimum absolute atomic E-state index is 0.137. The molecule has 0 aromatic heterocycles. The van der Waals surface area contributed by atoms with Gasteiger partial charge in [-0.15, -0.1) is 0 Å². The smallest absolute Gasteiger partial charge is 0.338 e. The Kier molecular flexibility index (Phi) is 11.5. The Hall–Kier alpha value is -5.28. The summed E-state index contributed by atoms with van der Waals surface area (Å²) in [5.41, 5.74) is 1.24. The lowest BCUT2D eigenvalue weighted by Crippen LogP contribution is -2.65. The van der Waals surface area contributed by atoms with E-state index in [1.165, 1.54) is 0 Å². The van der Waals surface area contributed by atoms with E-state index < -0.39 is 48.2 Å². The Bertz CT molecular complexity index is 1620. The first-order chi connectivity index (χ1) is 22.9. The SMILES string of the molecule is CCCCN1C[C@H](OC(=O)c2ccccc2)[C@@H](OC(=O)c2ccccc2)[C@H](OC(=O)c2ccccc2)[C@H]1COC(=O)c1ccccc1. The molecule has 1 fully saturated rings. The molecule has 0 bridgehead atoms. The molecule has 1 saturated heterocycles. The number of carbonyl (C=O) groups excluding carboxylic acids is 4. The third-order valence-electron chi connectivity index (χ3n) is 7.92. The topological polar surface area (TPSA) is 108 Å². The van der Waals surface area contributed by atoms with Gasteiger partial charge in [-0.2, -0.15) is 0 Å². The van der Waals surface area contributed by atoms with Crippen molar-refractivity contribution in [1.29, 1.82) is 0 Å². The van der Waals surface area contributed by atoms with E-state index in [-0.39, 0.29) is 24.3 Å². The van der Waals surface area contributed by atoms with Crippen LogP contribution in [0.5, 0.6) is 0 Å². The number of likely N-dealkylation sites (tertiary alicyclic amines) is 1. The quantitative estimate of drug-likeness (QED) is 0.137. The molecule has 1 heterocycles. The standard InChI is InChI=1S/C38H37NO8/c1-2-3-24-39-25-32(45-36(41)28-18-10-5-11-19-28)34(47-38(43)30-22-14-7-15-23-30)33(46-37(42)29-20-12-6-13-21-29)31(39)26-44-35(40)27-16-8-4-9-17-27/h4-23,31-34H,2-3,24-26H2,1H3/t31-,32+,33-,34-/m1/s1. The van der Waals surface area contributed by atoms with Crippen molar-refractivity contribution in [1.82, 2.24) is 4.90 Å². The van der Waals surface area contributed by atoms with E-state index in [9.17, 15) is 19.2 Å². The summed E-state index contributed by atoms with van der Waals surface area (Å²) >= 11 is 0. The lowest BCUT2D eigenvalue weighted by Gasteiger charge is -2.47. The molecule has 0 unspecified atom stereocenters. The first-order valence-corrected chi connectivity index (χ1v) is 15.7. The van der Waals surface area contributed by atoms with Gasteiger partial charge in [-0.25, -0.2) is 19.2 Å². The average Bonchev–Trinajstić information content (AvgIpc) is 3.12. The number of unbranched alkanes of at least 4 members (excludes halogenated alkanes) is 1. The van der Waals surface area contributed by atoms with E-state index in [1.807, 2.05) is 11.8 Å². The summed E-state index contributed by atoms with van der Waals surface area (Å²) in [7, 11) is 0. The molecule has 47 heavy (non-hydrogen) atoms. The predicted octanol–water partition coefficient (Wildman–Crippen LogP) is 6.00. The van der Waals surface area contributed by atoms with Gasteiger partial charge >= 0.3 is 23.9 Å². The van der Waals surface area contributed by atoms with Crippen LogP contribution in [0.2, 0.25) is 0 Å². The first-order valence-electron chi connectivity index (χ1n) is 15.7. The highest BCUT2D eigenvalue weighted by Gasteiger charge is 2.50. The molecular formula is C38H37NO8. The number of ether oxygens (including phenoxy) is 4. The summed E-state index contributed by atoms with van der Waals surface area (Å²) in [6, 6.07) is 33.1. The number of carbonyl (C=O) groups is 4. The van der Waals surface area contributed by atoms with Gasteiger partial charge in [0.2, 0.25) is 0 Å². The normalized spacial score (nSPS) is 19.3. The molecule has 1 aliphatic heterocycles. The third kappa shape index (κ3) is 8.71. The number of hydrogen-bond donors (Lipinski definition) is 0. The second-order valence-electron chi connectivity index (χ2n) is 11.2. The molecule has 0 aliphatic carbocycles. The van der Waals surface area contributed by atoms with Crippen molar-refractivity contribution in [2.45, 2.75) is 44.1 Å². The Morgan fingerprint density at radius 3 is 1.43 bits per heavy atom. The van der Waals surface area contributed by atoms with Crippen molar-refractivity contribution in [3.63, 3.8) is 0 Å². The van der Waals surface area contributed by atoms with Crippen LogP contribution in [0.15, 0.2) is 121 Å². The number of benzene rings is 4. The van der Waals surface area contributed by atoms with Gasteiger partial charge in [-0.1, -0.05) is 86.1 Å². The van der Waals surface area contributed by atoms with Crippen LogP contribution in [-0.2, 0) is 18.9 Å². The summed E-state index contributed by atoms with van der Waals surface area (Å²) in [6.07, 6.45) is -1.83. The third-order valence-corrected chi connectivity index (χ3v) is 7.92. The fourth-order valence-electron chi connectivity index (χ4n) is 5.45. The van der Waals surface area contributed by atoms with Gasteiger partial charge in [0.25, 0.3) is 0 Å². The fraction of sp³-hybridized carbons (Fsp3) is 0.263. The van der Waals surface area contributed by atoms with Crippen molar-refractivity contribution in [2.75, 3.05) is 19.7 Å². The van der Waals surface area contributed by atoms with Crippen LogP contribution in [0.25, 0.3) is 0 Å². The van der Waals surface area contributed by atoms with Gasteiger partial charge in [0, 0.05) is 6.54 Å². The highest BCUT2D eigenvalue weighted by atomic mass is 16.6. The molecule has 242 valence electrons. The monoisotopic (exact) mass is 635 g/mol. The maximum atomic E-state index is 13.6. The Morgan fingerprint density at radius 2 is 0.979 bits per heavy atom. The van der Waals surface area contributed by atoms with Crippen LogP contribution in [0.1, 0.15) is 61.2 Å². The molecule has 0 amide bonds. The van der Waals surface area contributed by atoms with E-state index >= 15 is 0 Å². The summed E-state index contributed by atoms with van der Waals surface area (Å²) in [5.74, 6) is -2.51. The Balaban J connectivity index is 1.53. The van der Waals surface area contributed by atoms with Crippen LogP contribution in [0.4, 0.5) is 0 Å². The van der Waals surface area contributed by atoms with Crippen molar-refractivity contribution in [3.05, 3.63) is 144 Å². The van der Waals surface area contributed by atoms with Crippen LogP contribution in [0.3, 0.4) is 0 Å². The van der Waals surface area contributed by atoms with E-state index in [2.05, 4.69) is 0 Å². The number of esters is 4. The zero-order valence-corrected chi connectivity index (χ0v) is 26.1. The van der Waals surface area contributed by atoms with Crippen molar-refractivity contribution >= 4 is 23.9 Å².